The van der Waals surface area contributed by atoms with Crippen molar-refractivity contribution in [1.82, 2.24) is 0 Å². The van der Waals surface area contributed by atoms with Crippen LogP contribution in [-0.4, -0.2) is 17.9 Å². The maximum atomic E-state index is 5.79. The van der Waals surface area contributed by atoms with Crippen molar-refractivity contribution in [1.29, 1.82) is 0 Å². The molecule has 0 aliphatic heterocycles. The van der Waals surface area contributed by atoms with Gasteiger partial charge < -0.3 is 10.5 Å². The molecule has 0 fully saturated rings. The van der Waals surface area contributed by atoms with Crippen LogP contribution in [0.4, 0.5) is 0 Å². The first-order chi connectivity index (χ1) is 5.83. The Labute approximate surface area is 80.5 Å². The van der Waals surface area contributed by atoms with E-state index in [0.717, 1.165) is 12.8 Å². The van der Waals surface area contributed by atoms with Gasteiger partial charge in [-0.25, -0.2) is 5.90 Å². The van der Waals surface area contributed by atoms with Crippen molar-refractivity contribution in [2.45, 2.75) is 51.9 Å². The number of nitrogens with two attached hydrogens (primary N) is 2. The third kappa shape index (κ3) is 5.99. The summed E-state index contributed by atoms with van der Waals surface area (Å²) in [6, 6.07) is 0. The lowest BCUT2D eigenvalue weighted by Crippen LogP contribution is -2.40. The van der Waals surface area contributed by atoms with Crippen LogP contribution in [0.2, 0.25) is 0 Å². The Morgan fingerprint density at radius 1 is 1.23 bits per heavy atom. The standard InChI is InChI=1S/C9H22N2O2/c1-5-9(4,10)12-7-6-8(2,3)13-11/h5-7,10-11H2,1-4H3. The molecule has 0 radical (unpaired) electrons. The second kappa shape index (κ2) is 4.91. The van der Waals surface area contributed by atoms with Crippen molar-refractivity contribution in [3.8, 4) is 0 Å². The largest absolute Gasteiger partial charge is 0.361 e. The van der Waals surface area contributed by atoms with Crippen LogP contribution >= 0.6 is 0 Å². The Bertz CT molecular complexity index is 131. The van der Waals surface area contributed by atoms with Crippen molar-refractivity contribution in [2.24, 2.45) is 11.6 Å². The van der Waals surface area contributed by atoms with Crippen LogP contribution in [0.5, 0.6) is 0 Å². The zero-order valence-electron chi connectivity index (χ0n) is 9.09. The van der Waals surface area contributed by atoms with Gasteiger partial charge in [-0.3, -0.25) is 4.84 Å². The second-order valence-electron chi connectivity index (χ2n) is 4.14. The maximum absolute atomic E-state index is 5.79. The van der Waals surface area contributed by atoms with Crippen molar-refractivity contribution >= 4 is 0 Å². The van der Waals surface area contributed by atoms with Crippen LogP contribution in [0, 0.1) is 0 Å². The quantitative estimate of drug-likeness (QED) is 0.487. The highest BCUT2D eigenvalue weighted by atomic mass is 16.6. The number of hydrogen-bond acceptors (Lipinski definition) is 4. The SMILES string of the molecule is CCC(C)(N)OCCC(C)(C)ON. The van der Waals surface area contributed by atoms with Gasteiger partial charge in [0.2, 0.25) is 0 Å². The molecule has 4 nitrogen and oxygen atoms in total. The van der Waals surface area contributed by atoms with E-state index in [-0.39, 0.29) is 5.60 Å². The minimum Gasteiger partial charge on any atom is -0.361 e. The van der Waals surface area contributed by atoms with Crippen molar-refractivity contribution < 1.29 is 9.57 Å². The molecule has 0 aliphatic carbocycles. The summed E-state index contributed by atoms with van der Waals surface area (Å²) in [6.45, 7) is 8.24. The molecule has 80 valence electrons. The zero-order chi connectivity index (χ0) is 10.5. The summed E-state index contributed by atoms with van der Waals surface area (Å²) in [6.07, 6.45) is 1.52. The molecule has 1 unspecified atom stereocenters. The highest BCUT2D eigenvalue weighted by Crippen LogP contribution is 2.14. The Balaban J connectivity index is 3.68. The average molecular weight is 190 g/mol. The summed E-state index contributed by atoms with van der Waals surface area (Å²) >= 11 is 0. The molecule has 0 spiro atoms. The summed E-state index contributed by atoms with van der Waals surface area (Å²) in [4.78, 5) is 4.77. The maximum Gasteiger partial charge on any atom is 0.113 e. The molecule has 4 N–H and O–H groups in total. The fraction of sp³-hybridized carbons (Fsp3) is 1.00. The van der Waals surface area contributed by atoms with Crippen LogP contribution in [-0.2, 0) is 9.57 Å². The van der Waals surface area contributed by atoms with Crippen molar-refractivity contribution in [2.75, 3.05) is 6.61 Å². The van der Waals surface area contributed by atoms with Gasteiger partial charge in [-0.05, 0) is 27.2 Å². The monoisotopic (exact) mass is 190 g/mol. The van der Waals surface area contributed by atoms with E-state index in [9.17, 15) is 0 Å². The first-order valence-electron chi connectivity index (χ1n) is 4.64. The molecular formula is C9H22N2O2. The molecule has 0 aromatic carbocycles. The molecule has 0 saturated carbocycles. The lowest BCUT2D eigenvalue weighted by molar-refractivity contribution is -0.0785. The summed E-state index contributed by atoms with van der Waals surface area (Å²) in [7, 11) is 0. The summed E-state index contributed by atoms with van der Waals surface area (Å²) in [5.41, 5.74) is 4.91. The van der Waals surface area contributed by atoms with Crippen LogP contribution in [0.15, 0.2) is 0 Å². The van der Waals surface area contributed by atoms with E-state index >= 15 is 0 Å². The van der Waals surface area contributed by atoms with Gasteiger partial charge in [-0.1, -0.05) is 6.92 Å². The van der Waals surface area contributed by atoms with E-state index in [1.54, 1.807) is 0 Å². The first-order valence-corrected chi connectivity index (χ1v) is 4.64. The molecule has 0 heterocycles. The van der Waals surface area contributed by atoms with Gasteiger partial charge in [-0.15, -0.1) is 0 Å². The number of rotatable bonds is 6. The second-order valence-corrected chi connectivity index (χ2v) is 4.14. The Morgan fingerprint density at radius 3 is 2.15 bits per heavy atom. The van der Waals surface area contributed by atoms with Crippen molar-refractivity contribution in [3.63, 3.8) is 0 Å². The number of hydrogen-bond donors (Lipinski definition) is 2. The van der Waals surface area contributed by atoms with E-state index in [0.29, 0.717) is 6.61 Å². The van der Waals surface area contributed by atoms with Crippen LogP contribution < -0.4 is 11.6 Å². The van der Waals surface area contributed by atoms with Gasteiger partial charge in [0.15, 0.2) is 0 Å². The third-order valence-electron chi connectivity index (χ3n) is 2.16. The molecular weight excluding hydrogens is 168 g/mol. The smallest absolute Gasteiger partial charge is 0.113 e. The van der Waals surface area contributed by atoms with Gasteiger partial charge in [-0.2, -0.15) is 0 Å². The summed E-state index contributed by atoms with van der Waals surface area (Å²) in [5.74, 6) is 5.10. The predicted octanol–water partition coefficient (Wildman–Crippen LogP) is 1.15. The predicted molar refractivity (Wildman–Crippen MR) is 52.8 cm³/mol. The molecule has 0 bridgehead atoms. The molecule has 13 heavy (non-hydrogen) atoms. The Morgan fingerprint density at radius 2 is 1.77 bits per heavy atom. The van der Waals surface area contributed by atoms with Gasteiger partial charge >= 0.3 is 0 Å². The van der Waals surface area contributed by atoms with E-state index < -0.39 is 5.72 Å². The van der Waals surface area contributed by atoms with Gasteiger partial charge in [0.25, 0.3) is 0 Å². The molecule has 0 aromatic heterocycles. The molecule has 0 rings (SSSR count). The molecule has 0 aliphatic rings. The van der Waals surface area contributed by atoms with E-state index in [4.69, 9.17) is 21.2 Å². The van der Waals surface area contributed by atoms with E-state index in [1.807, 2.05) is 27.7 Å². The van der Waals surface area contributed by atoms with Gasteiger partial charge in [0.05, 0.1) is 12.2 Å². The fourth-order valence-corrected chi connectivity index (χ4v) is 0.691. The minimum atomic E-state index is -0.537. The molecule has 0 aromatic rings. The average Bonchev–Trinajstić information content (AvgIpc) is 2.04. The molecule has 0 amide bonds. The van der Waals surface area contributed by atoms with Crippen LogP contribution in [0.25, 0.3) is 0 Å². The summed E-state index contributed by atoms with van der Waals surface area (Å²) in [5, 5.41) is 0. The number of ether oxygens (including phenoxy) is 1. The zero-order valence-corrected chi connectivity index (χ0v) is 9.09. The Hall–Kier alpha value is -0.160. The van der Waals surface area contributed by atoms with E-state index in [1.165, 1.54) is 0 Å². The van der Waals surface area contributed by atoms with Gasteiger partial charge in [0, 0.05) is 6.42 Å². The minimum absolute atomic E-state index is 0.343. The lowest BCUT2D eigenvalue weighted by atomic mass is 10.1. The summed E-state index contributed by atoms with van der Waals surface area (Å²) < 4.78 is 5.46. The normalized spacial score (nSPS) is 17.1. The third-order valence-corrected chi connectivity index (χ3v) is 2.16. The highest BCUT2D eigenvalue weighted by Gasteiger charge is 2.20. The fourth-order valence-electron chi connectivity index (χ4n) is 0.691. The molecule has 1 atom stereocenters. The topological polar surface area (TPSA) is 70.5 Å². The lowest BCUT2D eigenvalue weighted by Gasteiger charge is -2.27. The highest BCUT2D eigenvalue weighted by molar-refractivity contribution is 4.69. The molecule has 4 heteroatoms. The van der Waals surface area contributed by atoms with E-state index in [2.05, 4.69) is 0 Å². The van der Waals surface area contributed by atoms with Gasteiger partial charge in [0.1, 0.15) is 5.72 Å². The Kier molecular flexibility index (Phi) is 4.85. The van der Waals surface area contributed by atoms with Crippen LogP contribution in [0.3, 0.4) is 0 Å². The first kappa shape index (κ1) is 12.8. The van der Waals surface area contributed by atoms with Crippen molar-refractivity contribution in [3.05, 3.63) is 0 Å². The molecule has 0 saturated heterocycles. The van der Waals surface area contributed by atoms with Crippen LogP contribution in [0.1, 0.15) is 40.5 Å².